The molecule has 3 aromatic carbocycles. The van der Waals surface area contributed by atoms with Gasteiger partial charge in [-0.05, 0) is 11.5 Å². The molecule has 0 aliphatic carbocycles. The van der Waals surface area contributed by atoms with Crippen molar-refractivity contribution in [1.82, 2.24) is 0 Å². The molecule has 94 valence electrons. The molecule has 0 N–H and O–H groups in total. The van der Waals surface area contributed by atoms with Crippen LogP contribution in [-0.4, -0.2) is 0 Å². The fourth-order valence-electron chi connectivity index (χ4n) is 2.46. The molecule has 0 unspecified atom stereocenters. The van der Waals surface area contributed by atoms with Gasteiger partial charge in [0.1, 0.15) is 0 Å². The molecule has 0 nitrogen and oxygen atoms in total. The van der Waals surface area contributed by atoms with Crippen molar-refractivity contribution in [2.24, 2.45) is 0 Å². The molecule has 0 bridgehead atoms. The normalized spacial score (nSPS) is 10.7. The van der Waals surface area contributed by atoms with Crippen molar-refractivity contribution < 1.29 is 26.2 Å². The zero-order valence-electron chi connectivity index (χ0n) is 11.4. The van der Waals surface area contributed by atoms with Crippen LogP contribution in [0.1, 0.15) is 25.3 Å². The molecule has 0 spiro atoms. The molecular formula is C18H17Zr-. The Balaban J connectivity index is 0.00000133. The minimum Gasteiger partial charge on any atom is -0.164 e. The van der Waals surface area contributed by atoms with Crippen LogP contribution in [0.25, 0.3) is 21.9 Å². The third kappa shape index (κ3) is 2.77. The van der Waals surface area contributed by atoms with Crippen LogP contribution in [-0.2, 0) is 26.2 Å². The maximum atomic E-state index is 2.34. The summed E-state index contributed by atoms with van der Waals surface area (Å²) in [7, 11) is 0. The molecule has 0 radical (unpaired) electrons. The average molecular weight is 325 g/mol. The fraction of sp³-hybridized carbons (Fsp3) is 0.167. The van der Waals surface area contributed by atoms with E-state index in [1.165, 1.54) is 27.5 Å². The summed E-state index contributed by atoms with van der Waals surface area (Å²) in [5, 5.41) is 2.72. The predicted octanol–water partition coefficient (Wildman–Crippen LogP) is 5.35. The Kier molecular flexibility index (Phi) is 4.47. The molecule has 0 saturated heterocycles. The first-order valence-corrected chi connectivity index (χ1v) is 6.50. The summed E-state index contributed by atoms with van der Waals surface area (Å²) in [5.41, 5.74) is 4.05. The van der Waals surface area contributed by atoms with Gasteiger partial charge >= 0.3 is 0 Å². The monoisotopic (exact) mass is 323 g/mol. The van der Waals surface area contributed by atoms with Gasteiger partial charge in [-0.3, -0.25) is 0 Å². The SMILES string of the molecule is CC(C)c1cc2c(-c3ccccc3)cccc2[cH-]1.[Zr]. The molecule has 0 atom stereocenters. The summed E-state index contributed by atoms with van der Waals surface area (Å²) in [4.78, 5) is 0. The first-order valence-electron chi connectivity index (χ1n) is 6.50. The van der Waals surface area contributed by atoms with Crippen LogP contribution in [0.15, 0.2) is 60.7 Å². The molecule has 0 fully saturated rings. The topological polar surface area (TPSA) is 0 Å². The summed E-state index contributed by atoms with van der Waals surface area (Å²) in [6, 6.07) is 21.8. The Morgan fingerprint density at radius 3 is 2.32 bits per heavy atom. The van der Waals surface area contributed by atoms with Crippen LogP contribution in [0.2, 0.25) is 0 Å². The number of benzene rings is 2. The van der Waals surface area contributed by atoms with Gasteiger partial charge in [0.25, 0.3) is 0 Å². The first kappa shape index (κ1) is 14.3. The van der Waals surface area contributed by atoms with E-state index < -0.39 is 0 Å². The number of hydrogen-bond donors (Lipinski definition) is 0. The smallest absolute Gasteiger partial charge is 0 e. The minimum atomic E-state index is 0. The maximum absolute atomic E-state index is 2.34. The molecule has 0 aromatic heterocycles. The van der Waals surface area contributed by atoms with Crippen molar-refractivity contribution in [1.29, 1.82) is 0 Å². The van der Waals surface area contributed by atoms with Gasteiger partial charge in [0, 0.05) is 26.2 Å². The Labute approximate surface area is 134 Å². The Bertz CT molecular complexity index is 662. The van der Waals surface area contributed by atoms with Crippen LogP contribution < -0.4 is 0 Å². The second-order valence-electron chi connectivity index (χ2n) is 5.12. The van der Waals surface area contributed by atoms with E-state index in [1.54, 1.807) is 0 Å². The van der Waals surface area contributed by atoms with Crippen LogP contribution >= 0.6 is 0 Å². The van der Waals surface area contributed by atoms with Crippen molar-refractivity contribution in [3.63, 3.8) is 0 Å². The second-order valence-corrected chi connectivity index (χ2v) is 5.12. The van der Waals surface area contributed by atoms with E-state index in [1.807, 2.05) is 0 Å². The molecule has 0 saturated carbocycles. The molecule has 0 amide bonds. The van der Waals surface area contributed by atoms with Gasteiger partial charge in [0.2, 0.25) is 0 Å². The molecule has 0 aliphatic rings. The quantitative estimate of drug-likeness (QED) is 0.558. The molecule has 0 heterocycles. The van der Waals surface area contributed by atoms with Crippen LogP contribution in [0.4, 0.5) is 0 Å². The van der Waals surface area contributed by atoms with E-state index in [4.69, 9.17) is 0 Å². The molecule has 19 heavy (non-hydrogen) atoms. The average Bonchev–Trinajstić information content (AvgIpc) is 2.83. The van der Waals surface area contributed by atoms with Crippen LogP contribution in [0.3, 0.4) is 0 Å². The van der Waals surface area contributed by atoms with Crippen LogP contribution in [0.5, 0.6) is 0 Å². The van der Waals surface area contributed by atoms with E-state index in [0.717, 1.165) is 0 Å². The molecule has 3 rings (SSSR count). The summed E-state index contributed by atoms with van der Waals surface area (Å²) >= 11 is 0. The van der Waals surface area contributed by atoms with E-state index in [-0.39, 0.29) is 26.2 Å². The second kappa shape index (κ2) is 5.93. The van der Waals surface area contributed by atoms with Crippen molar-refractivity contribution in [2.45, 2.75) is 19.8 Å². The van der Waals surface area contributed by atoms with E-state index in [9.17, 15) is 0 Å². The Morgan fingerprint density at radius 1 is 0.895 bits per heavy atom. The number of hydrogen-bond acceptors (Lipinski definition) is 0. The number of rotatable bonds is 2. The molecular weight excluding hydrogens is 307 g/mol. The zero-order valence-corrected chi connectivity index (χ0v) is 13.8. The standard InChI is InChI=1S/C18H17.Zr/c1-13(2)16-11-15-9-6-10-17(18(15)12-16)14-7-4-3-5-8-14;/h3-13H,1-2H3;/q-1;. The van der Waals surface area contributed by atoms with Gasteiger partial charge in [-0.25, -0.2) is 0 Å². The molecule has 1 heteroatoms. The molecule has 0 aliphatic heterocycles. The van der Waals surface area contributed by atoms with Gasteiger partial charge in [-0.15, -0.1) is 34.5 Å². The summed E-state index contributed by atoms with van der Waals surface area (Å²) < 4.78 is 0. The summed E-state index contributed by atoms with van der Waals surface area (Å²) in [6.07, 6.45) is 0. The van der Waals surface area contributed by atoms with Crippen molar-refractivity contribution in [3.05, 3.63) is 66.2 Å². The Hall–Kier alpha value is -1.07. The summed E-state index contributed by atoms with van der Waals surface area (Å²) in [6.45, 7) is 4.49. The largest absolute Gasteiger partial charge is 0.164 e. The van der Waals surface area contributed by atoms with E-state index in [0.29, 0.717) is 5.92 Å². The Morgan fingerprint density at radius 2 is 1.63 bits per heavy atom. The predicted molar refractivity (Wildman–Crippen MR) is 79.1 cm³/mol. The first-order chi connectivity index (χ1) is 8.75. The van der Waals surface area contributed by atoms with E-state index in [2.05, 4.69) is 74.5 Å². The minimum absolute atomic E-state index is 0. The van der Waals surface area contributed by atoms with Gasteiger partial charge in [-0.2, -0.15) is 6.07 Å². The number of fused-ring (bicyclic) bond motifs is 1. The van der Waals surface area contributed by atoms with Gasteiger partial charge < -0.3 is 0 Å². The van der Waals surface area contributed by atoms with Crippen molar-refractivity contribution in [3.8, 4) is 11.1 Å². The summed E-state index contributed by atoms with van der Waals surface area (Å²) in [5.74, 6) is 0.584. The van der Waals surface area contributed by atoms with Crippen molar-refractivity contribution >= 4 is 10.8 Å². The third-order valence-electron chi connectivity index (χ3n) is 3.52. The third-order valence-corrected chi connectivity index (χ3v) is 3.52. The van der Waals surface area contributed by atoms with E-state index >= 15 is 0 Å². The molecule has 3 aromatic rings. The zero-order chi connectivity index (χ0) is 12.5. The van der Waals surface area contributed by atoms with Gasteiger partial charge in [-0.1, -0.05) is 55.8 Å². The van der Waals surface area contributed by atoms with Crippen LogP contribution in [0, 0.1) is 0 Å². The maximum Gasteiger partial charge on any atom is 0 e. The fourth-order valence-corrected chi connectivity index (χ4v) is 2.46. The van der Waals surface area contributed by atoms with Crippen molar-refractivity contribution in [2.75, 3.05) is 0 Å². The van der Waals surface area contributed by atoms with Gasteiger partial charge in [0.05, 0.1) is 0 Å². The van der Waals surface area contributed by atoms with Gasteiger partial charge in [0.15, 0.2) is 0 Å².